The quantitative estimate of drug-likeness (QED) is 0.620. The normalized spacial score (nSPS) is 32.6. The van der Waals surface area contributed by atoms with Crippen LogP contribution in [0, 0.1) is 6.92 Å². The highest BCUT2D eigenvalue weighted by molar-refractivity contribution is 5.72. The lowest BCUT2D eigenvalue weighted by Crippen LogP contribution is -2.39. The van der Waals surface area contributed by atoms with Gasteiger partial charge in [0.1, 0.15) is 29.7 Å². The molecule has 2 fully saturated rings. The number of aliphatic carboxylic acids is 1. The zero-order chi connectivity index (χ0) is 19.3. The highest BCUT2D eigenvalue weighted by Crippen LogP contribution is 2.55. The molecule has 0 radical (unpaired) electrons. The molecule has 1 spiro atoms. The van der Waals surface area contributed by atoms with Crippen LogP contribution in [0.15, 0.2) is 12.7 Å². The maximum Gasteiger partial charge on any atom is 0.303 e. The Hall–Kier alpha value is -2.14. The van der Waals surface area contributed by atoms with Gasteiger partial charge in [-0.15, -0.1) is 0 Å². The van der Waals surface area contributed by atoms with E-state index in [1.807, 2.05) is 18.9 Å². The molecule has 1 aliphatic carbocycles. The molecule has 0 amide bonds. The van der Waals surface area contributed by atoms with Crippen molar-refractivity contribution in [3.63, 3.8) is 0 Å². The van der Waals surface area contributed by atoms with Crippen molar-refractivity contribution in [2.45, 2.75) is 56.3 Å². The number of carboxylic acids is 1. The van der Waals surface area contributed by atoms with Gasteiger partial charge in [-0.2, -0.15) is 0 Å². The third-order valence-corrected chi connectivity index (χ3v) is 5.62. The second-order valence-corrected chi connectivity index (χ2v) is 7.38. The second kappa shape index (κ2) is 6.48. The predicted molar refractivity (Wildman–Crippen MR) is 92.8 cm³/mol. The van der Waals surface area contributed by atoms with E-state index in [1.54, 1.807) is 10.9 Å². The van der Waals surface area contributed by atoms with E-state index in [9.17, 15) is 15.0 Å². The van der Waals surface area contributed by atoms with Crippen molar-refractivity contribution in [2.75, 3.05) is 13.6 Å². The molecule has 1 saturated heterocycles. The van der Waals surface area contributed by atoms with Gasteiger partial charge in [0.05, 0.1) is 12.0 Å². The number of likely N-dealkylation sites (N-methyl/N-ethyl adjacent to an activating group) is 1. The fourth-order valence-electron chi connectivity index (χ4n) is 4.04. The minimum absolute atomic E-state index is 0.0768. The number of rotatable bonds is 6. The fourth-order valence-corrected chi connectivity index (χ4v) is 4.04. The summed E-state index contributed by atoms with van der Waals surface area (Å²) in [5, 5.41) is 30.0. The Labute approximate surface area is 155 Å². The summed E-state index contributed by atoms with van der Waals surface area (Å²) >= 11 is 0. The number of aryl methyl sites for hydroxylation is 1. The molecule has 1 saturated carbocycles. The molecule has 0 bridgehead atoms. The first-order chi connectivity index (χ1) is 12.8. The standard InChI is InChI=1S/C17H23N5O5/c1-9-12-15(19-7-18-9)22(8-20-12)16-13(25)14(26)17(27-16)6-10(17)21(2)5-3-4-11(23)24/h7-8,10,13-14,16,25-26H,3-6H2,1-2H3,(H,23,24)/t10?,13-,14+,16-,17?/m1/s1. The lowest BCUT2D eigenvalue weighted by Gasteiger charge is -2.21. The van der Waals surface area contributed by atoms with Gasteiger partial charge in [0.15, 0.2) is 11.9 Å². The number of imidazole rings is 1. The fraction of sp³-hybridized carbons (Fsp3) is 0.647. The number of carbonyl (C=O) groups is 1. The van der Waals surface area contributed by atoms with Crippen LogP contribution in [0.2, 0.25) is 0 Å². The van der Waals surface area contributed by atoms with Gasteiger partial charge in [-0.1, -0.05) is 0 Å². The number of aliphatic hydroxyl groups is 2. The van der Waals surface area contributed by atoms with Crippen LogP contribution in [0.25, 0.3) is 11.2 Å². The number of aromatic nitrogens is 4. The Kier molecular flexibility index (Phi) is 4.38. The van der Waals surface area contributed by atoms with Crippen LogP contribution >= 0.6 is 0 Å². The van der Waals surface area contributed by atoms with E-state index in [0.29, 0.717) is 30.6 Å². The lowest BCUT2D eigenvalue weighted by atomic mass is 10.1. The van der Waals surface area contributed by atoms with Crippen molar-refractivity contribution in [1.82, 2.24) is 24.4 Å². The van der Waals surface area contributed by atoms with Crippen molar-refractivity contribution in [3.05, 3.63) is 18.3 Å². The third-order valence-electron chi connectivity index (χ3n) is 5.62. The molecule has 0 aromatic carbocycles. The van der Waals surface area contributed by atoms with Crippen molar-refractivity contribution in [2.24, 2.45) is 0 Å². The molecular weight excluding hydrogens is 354 g/mol. The molecule has 4 rings (SSSR count). The molecule has 1 aliphatic heterocycles. The van der Waals surface area contributed by atoms with Crippen LogP contribution < -0.4 is 0 Å². The lowest BCUT2D eigenvalue weighted by molar-refractivity contribution is -0.137. The molecule has 2 aliphatic rings. The Bertz CT molecular complexity index is 873. The van der Waals surface area contributed by atoms with E-state index in [0.717, 1.165) is 5.69 Å². The zero-order valence-electron chi connectivity index (χ0n) is 15.2. The Morgan fingerprint density at radius 1 is 1.41 bits per heavy atom. The average molecular weight is 377 g/mol. The molecule has 146 valence electrons. The molecule has 2 unspecified atom stereocenters. The molecule has 5 atom stereocenters. The van der Waals surface area contributed by atoms with Crippen LogP contribution in [0.1, 0.15) is 31.2 Å². The SMILES string of the molecule is Cc1ncnc2c1ncn2[C@@H]1OC2(CC2N(C)CCCC(=O)O)[C@@H](O)[C@H]1O. The zero-order valence-corrected chi connectivity index (χ0v) is 15.2. The van der Waals surface area contributed by atoms with Gasteiger partial charge in [-0.3, -0.25) is 9.36 Å². The molecule has 10 nitrogen and oxygen atoms in total. The van der Waals surface area contributed by atoms with Gasteiger partial charge in [0, 0.05) is 12.5 Å². The van der Waals surface area contributed by atoms with Gasteiger partial charge in [-0.05, 0) is 33.4 Å². The maximum atomic E-state index is 10.7. The monoisotopic (exact) mass is 377 g/mol. The predicted octanol–water partition coefficient (Wildman–Crippen LogP) is -0.307. The van der Waals surface area contributed by atoms with Gasteiger partial charge < -0.3 is 25.0 Å². The number of hydrogen-bond acceptors (Lipinski definition) is 8. The van der Waals surface area contributed by atoms with Gasteiger partial charge in [0.25, 0.3) is 0 Å². The van der Waals surface area contributed by atoms with Crippen molar-refractivity contribution in [1.29, 1.82) is 0 Å². The number of aliphatic hydroxyl groups excluding tert-OH is 2. The Morgan fingerprint density at radius 2 is 2.19 bits per heavy atom. The van der Waals surface area contributed by atoms with Gasteiger partial charge in [-0.25, -0.2) is 15.0 Å². The van der Waals surface area contributed by atoms with Gasteiger partial charge >= 0.3 is 5.97 Å². The third kappa shape index (κ3) is 2.89. The summed E-state index contributed by atoms with van der Waals surface area (Å²) in [6, 6.07) is -0.0768. The first-order valence-electron chi connectivity index (χ1n) is 8.95. The number of hydrogen-bond donors (Lipinski definition) is 3. The summed E-state index contributed by atoms with van der Waals surface area (Å²) < 4.78 is 7.77. The van der Waals surface area contributed by atoms with Crippen molar-refractivity contribution in [3.8, 4) is 0 Å². The topological polar surface area (TPSA) is 134 Å². The van der Waals surface area contributed by atoms with Crippen molar-refractivity contribution >= 4 is 17.1 Å². The van der Waals surface area contributed by atoms with E-state index in [4.69, 9.17) is 9.84 Å². The first-order valence-corrected chi connectivity index (χ1v) is 8.95. The summed E-state index contributed by atoms with van der Waals surface area (Å²) in [6.45, 7) is 2.41. The largest absolute Gasteiger partial charge is 0.481 e. The van der Waals surface area contributed by atoms with Crippen LogP contribution in [-0.4, -0.2) is 83.2 Å². The molecule has 2 aromatic rings. The Morgan fingerprint density at radius 3 is 2.93 bits per heavy atom. The molecule has 3 N–H and O–H groups in total. The van der Waals surface area contributed by atoms with Crippen LogP contribution in [0.3, 0.4) is 0 Å². The highest BCUT2D eigenvalue weighted by Gasteiger charge is 2.70. The molecular formula is C17H23N5O5. The van der Waals surface area contributed by atoms with E-state index in [-0.39, 0.29) is 12.5 Å². The van der Waals surface area contributed by atoms with E-state index in [1.165, 1.54) is 6.33 Å². The Balaban J connectivity index is 1.52. The first kappa shape index (κ1) is 18.2. The number of nitrogens with zero attached hydrogens (tertiary/aromatic N) is 5. The van der Waals surface area contributed by atoms with Crippen LogP contribution in [0.5, 0.6) is 0 Å². The van der Waals surface area contributed by atoms with Crippen LogP contribution in [-0.2, 0) is 9.53 Å². The summed E-state index contributed by atoms with van der Waals surface area (Å²) in [4.78, 5) is 25.3. The number of ether oxygens (including phenoxy) is 1. The molecule has 2 aromatic heterocycles. The molecule has 10 heteroatoms. The average Bonchev–Trinajstić information content (AvgIpc) is 3.11. The summed E-state index contributed by atoms with van der Waals surface area (Å²) in [5.41, 5.74) is 1.04. The highest BCUT2D eigenvalue weighted by atomic mass is 16.6. The van der Waals surface area contributed by atoms with Gasteiger partial charge in [0.2, 0.25) is 0 Å². The second-order valence-electron chi connectivity index (χ2n) is 7.38. The molecule has 27 heavy (non-hydrogen) atoms. The molecule has 3 heterocycles. The van der Waals surface area contributed by atoms with E-state index < -0.39 is 30.0 Å². The van der Waals surface area contributed by atoms with Crippen molar-refractivity contribution < 1.29 is 24.9 Å². The van der Waals surface area contributed by atoms with E-state index >= 15 is 0 Å². The van der Waals surface area contributed by atoms with Crippen LogP contribution in [0.4, 0.5) is 0 Å². The van der Waals surface area contributed by atoms with E-state index in [2.05, 4.69) is 15.0 Å². The maximum absolute atomic E-state index is 10.7. The minimum Gasteiger partial charge on any atom is -0.481 e. The smallest absolute Gasteiger partial charge is 0.303 e. The minimum atomic E-state index is -1.12. The summed E-state index contributed by atoms with van der Waals surface area (Å²) in [5.74, 6) is -0.828. The summed E-state index contributed by atoms with van der Waals surface area (Å²) in [6.07, 6.45) is 1.20. The number of carboxylic acid groups (broad SMARTS) is 1. The number of fused-ring (bicyclic) bond motifs is 1. The summed E-state index contributed by atoms with van der Waals surface area (Å²) in [7, 11) is 1.88.